The molecule has 2 aromatic rings. The standard InChI is InChI=1S/C18H13Cl2NO2S/c1-11-5-7-12(8-6-11)9-16-17(22)21(18(23)24-16)10-13-14(19)3-2-4-15(13)20/h2-9H,10H2,1H3/b16-9-. The zero-order valence-electron chi connectivity index (χ0n) is 12.8. The van der Waals surface area contributed by atoms with Crippen LogP contribution in [0.5, 0.6) is 0 Å². The molecule has 0 N–H and O–H groups in total. The van der Waals surface area contributed by atoms with Crippen LogP contribution in [0.25, 0.3) is 6.08 Å². The number of amides is 2. The van der Waals surface area contributed by atoms with E-state index in [1.807, 2.05) is 31.2 Å². The first-order chi connectivity index (χ1) is 11.5. The minimum atomic E-state index is -0.332. The van der Waals surface area contributed by atoms with Gasteiger partial charge in [0.25, 0.3) is 11.1 Å². The van der Waals surface area contributed by atoms with Gasteiger partial charge in [-0.15, -0.1) is 0 Å². The fourth-order valence-corrected chi connectivity index (χ4v) is 3.65. The lowest BCUT2D eigenvalue weighted by Crippen LogP contribution is -2.27. The van der Waals surface area contributed by atoms with Gasteiger partial charge in [-0.25, -0.2) is 0 Å². The third-order valence-electron chi connectivity index (χ3n) is 3.63. The van der Waals surface area contributed by atoms with Crippen LogP contribution < -0.4 is 0 Å². The second kappa shape index (κ2) is 7.01. The monoisotopic (exact) mass is 377 g/mol. The van der Waals surface area contributed by atoms with Crippen molar-refractivity contribution in [1.82, 2.24) is 4.90 Å². The first-order valence-electron chi connectivity index (χ1n) is 7.20. The number of aryl methyl sites for hydroxylation is 1. The number of benzene rings is 2. The lowest BCUT2D eigenvalue weighted by atomic mass is 10.1. The van der Waals surface area contributed by atoms with Crippen molar-refractivity contribution in [2.75, 3.05) is 0 Å². The molecule has 0 unspecified atom stereocenters. The van der Waals surface area contributed by atoms with Crippen molar-refractivity contribution in [2.45, 2.75) is 13.5 Å². The third kappa shape index (κ3) is 3.51. The topological polar surface area (TPSA) is 37.4 Å². The van der Waals surface area contributed by atoms with Gasteiger partial charge in [0.05, 0.1) is 11.4 Å². The van der Waals surface area contributed by atoms with Crippen molar-refractivity contribution in [3.05, 3.63) is 74.1 Å². The molecule has 0 spiro atoms. The van der Waals surface area contributed by atoms with Crippen molar-refractivity contribution in [1.29, 1.82) is 0 Å². The molecule has 3 rings (SSSR count). The van der Waals surface area contributed by atoms with Gasteiger partial charge in [-0.3, -0.25) is 14.5 Å². The summed E-state index contributed by atoms with van der Waals surface area (Å²) in [6.45, 7) is 2.05. The predicted octanol–water partition coefficient (Wildman–Crippen LogP) is 5.54. The Bertz CT molecular complexity index is 826. The Hall–Kier alpha value is -1.75. The highest BCUT2D eigenvalue weighted by Crippen LogP contribution is 2.35. The van der Waals surface area contributed by atoms with E-state index in [-0.39, 0.29) is 17.7 Å². The van der Waals surface area contributed by atoms with E-state index in [0.717, 1.165) is 27.8 Å². The number of carbonyl (C=O) groups is 2. The SMILES string of the molecule is Cc1ccc(/C=C2\SC(=O)N(Cc3c(Cl)cccc3Cl)C2=O)cc1. The minimum Gasteiger partial charge on any atom is -0.268 e. The molecule has 0 aliphatic carbocycles. The smallest absolute Gasteiger partial charge is 0.268 e. The highest BCUT2D eigenvalue weighted by molar-refractivity contribution is 8.18. The van der Waals surface area contributed by atoms with E-state index in [1.54, 1.807) is 24.3 Å². The van der Waals surface area contributed by atoms with Gasteiger partial charge in [0.15, 0.2) is 0 Å². The first kappa shape index (κ1) is 17.1. The van der Waals surface area contributed by atoms with Crippen LogP contribution >= 0.6 is 35.0 Å². The van der Waals surface area contributed by atoms with Crippen LogP contribution in [0.2, 0.25) is 10.0 Å². The normalized spacial score (nSPS) is 16.3. The van der Waals surface area contributed by atoms with Crippen LogP contribution in [0, 0.1) is 6.92 Å². The first-order valence-corrected chi connectivity index (χ1v) is 8.78. The molecular weight excluding hydrogens is 365 g/mol. The van der Waals surface area contributed by atoms with Crippen LogP contribution in [-0.4, -0.2) is 16.0 Å². The molecule has 24 heavy (non-hydrogen) atoms. The van der Waals surface area contributed by atoms with Gasteiger partial charge in [-0.05, 0) is 42.5 Å². The number of thioether (sulfide) groups is 1. The Kier molecular flexibility index (Phi) is 4.99. The Morgan fingerprint density at radius 2 is 1.67 bits per heavy atom. The average molecular weight is 378 g/mol. The number of carbonyl (C=O) groups excluding carboxylic acids is 2. The second-order valence-corrected chi connectivity index (χ2v) is 7.19. The van der Waals surface area contributed by atoms with Gasteiger partial charge >= 0.3 is 0 Å². The van der Waals surface area contributed by atoms with Gasteiger partial charge in [-0.2, -0.15) is 0 Å². The summed E-state index contributed by atoms with van der Waals surface area (Å²) < 4.78 is 0. The van der Waals surface area contributed by atoms with Crippen molar-refractivity contribution in [3.8, 4) is 0 Å². The summed E-state index contributed by atoms with van der Waals surface area (Å²) in [6.07, 6.45) is 1.72. The number of imide groups is 1. The third-order valence-corrected chi connectivity index (χ3v) is 5.24. The van der Waals surface area contributed by atoms with Gasteiger partial charge in [0, 0.05) is 15.6 Å². The molecule has 0 aromatic heterocycles. The van der Waals surface area contributed by atoms with Crippen LogP contribution in [0.3, 0.4) is 0 Å². The molecule has 1 heterocycles. The van der Waals surface area contributed by atoms with Crippen molar-refractivity contribution in [2.24, 2.45) is 0 Å². The van der Waals surface area contributed by atoms with E-state index in [9.17, 15) is 9.59 Å². The maximum atomic E-state index is 12.5. The molecule has 122 valence electrons. The van der Waals surface area contributed by atoms with Crippen LogP contribution in [0.4, 0.5) is 4.79 Å². The number of nitrogens with zero attached hydrogens (tertiary/aromatic N) is 1. The number of halogens is 2. The minimum absolute atomic E-state index is 0.0639. The maximum Gasteiger partial charge on any atom is 0.293 e. The largest absolute Gasteiger partial charge is 0.293 e. The lowest BCUT2D eigenvalue weighted by molar-refractivity contribution is -0.123. The molecule has 6 heteroatoms. The van der Waals surface area contributed by atoms with Crippen LogP contribution in [0.1, 0.15) is 16.7 Å². The summed E-state index contributed by atoms with van der Waals surface area (Å²) in [5.41, 5.74) is 2.58. The van der Waals surface area contributed by atoms with Crippen molar-refractivity contribution >= 4 is 52.2 Å². The average Bonchev–Trinajstić information content (AvgIpc) is 2.80. The fourth-order valence-electron chi connectivity index (χ4n) is 2.29. The Labute approximate surface area is 154 Å². The van der Waals surface area contributed by atoms with Crippen molar-refractivity contribution < 1.29 is 9.59 Å². The molecule has 1 aliphatic rings. The number of rotatable bonds is 3. The summed E-state index contributed by atoms with van der Waals surface area (Å²) in [7, 11) is 0. The molecule has 3 nitrogen and oxygen atoms in total. The molecular formula is C18H13Cl2NO2S. The highest BCUT2D eigenvalue weighted by Gasteiger charge is 2.35. The van der Waals surface area contributed by atoms with Crippen LogP contribution in [-0.2, 0) is 11.3 Å². The Morgan fingerprint density at radius 1 is 1.04 bits per heavy atom. The highest BCUT2D eigenvalue weighted by atomic mass is 35.5. The van der Waals surface area contributed by atoms with Gasteiger partial charge in [-0.1, -0.05) is 59.1 Å². The maximum absolute atomic E-state index is 12.5. The molecule has 0 atom stereocenters. The summed E-state index contributed by atoms with van der Waals surface area (Å²) in [5.74, 6) is -0.332. The van der Waals surface area contributed by atoms with Gasteiger partial charge < -0.3 is 0 Å². The van der Waals surface area contributed by atoms with Crippen molar-refractivity contribution in [3.63, 3.8) is 0 Å². The fraction of sp³-hybridized carbons (Fsp3) is 0.111. The van der Waals surface area contributed by atoms with E-state index in [0.29, 0.717) is 20.5 Å². The van der Waals surface area contributed by atoms with E-state index in [4.69, 9.17) is 23.2 Å². The summed E-state index contributed by atoms with van der Waals surface area (Å²) >= 11 is 13.2. The molecule has 1 aliphatic heterocycles. The molecule has 0 bridgehead atoms. The quantitative estimate of drug-likeness (QED) is 0.659. The van der Waals surface area contributed by atoms with Gasteiger partial charge in [0.2, 0.25) is 0 Å². The number of hydrogen-bond acceptors (Lipinski definition) is 3. The summed E-state index contributed by atoms with van der Waals surface area (Å²) in [4.78, 5) is 26.3. The second-order valence-electron chi connectivity index (χ2n) is 5.38. The van der Waals surface area contributed by atoms with E-state index in [2.05, 4.69) is 0 Å². The zero-order chi connectivity index (χ0) is 17.3. The summed E-state index contributed by atoms with van der Waals surface area (Å²) in [5, 5.41) is 0.544. The number of hydrogen-bond donors (Lipinski definition) is 0. The molecule has 0 radical (unpaired) electrons. The zero-order valence-corrected chi connectivity index (χ0v) is 15.1. The molecule has 2 amide bonds. The van der Waals surface area contributed by atoms with E-state index < -0.39 is 0 Å². The van der Waals surface area contributed by atoms with E-state index in [1.165, 1.54) is 0 Å². The van der Waals surface area contributed by atoms with Gasteiger partial charge in [0.1, 0.15) is 0 Å². The van der Waals surface area contributed by atoms with Crippen LogP contribution in [0.15, 0.2) is 47.4 Å². The lowest BCUT2D eigenvalue weighted by Gasteiger charge is -2.14. The van der Waals surface area contributed by atoms with E-state index >= 15 is 0 Å². The molecule has 2 aromatic carbocycles. The summed E-state index contributed by atoms with van der Waals surface area (Å²) in [6, 6.07) is 12.8. The molecule has 0 saturated carbocycles. The predicted molar refractivity (Wildman–Crippen MR) is 99.2 cm³/mol. The Balaban J connectivity index is 1.85. The Morgan fingerprint density at radius 3 is 2.29 bits per heavy atom. The molecule has 1 saturated heterocycles. The molecule has 1 fully saturated rings.